The molecule has 0 spiro atoms. The third-order valence-electron chi connectivity index (χ3n) is 7.42. The van der Waals surface area contributed by atoms with Crippen molar-refractivity contribution in [3.63, 3.8) is 0 Å². The molecule has 0 aromatic heterocycles. The molecule has 3 aromatic rings. The number of anilines is 1. The van der Waals surface area contributed by atoms with Gasteiger partial charge in [-0.2, -0.15) is 26.3 Å². The molecular weight excluding hydrogens is 622 g/mol. The Labute approximate surface area is 261 Å². The molecule has 2 atom stereocenters. The highest BCUT2D eigenvalue weighted by Crippen LogP contribution is 2.47. The summed E-state index contributed by atoms with van der Waals surface area (Å²) in [5, 5.41) is 0. The molecule has 0 fully saturated rings. The van der Waals surface area contributed by atoms with E-state index in [0.717, 1.165) is 17.6 Å². The van der Waals surface area contributed by atoms with Gasteiger partial charge in [-0.1, -0.05) is 30.3 Å². The van der Waals surface area contributed by atoms with Gasteiger partial charge in [-0.25, -0.2) is 9.59 Å². The summed E-state index contributed by atoms with van der Waals surface area (Å²) in [5.41, 5.74) is -2.07. The maximum Gasteiger partial charge on any atom is 0.416 e. The molecule has 0 aliphatic carbocycles. The van der Waals surface area contributed by atoms with Gasteiger partial charge in [-0.3, -0.25) is 9.80 Å². The van der Waals surface area contributed by atoms with Crippen LogP contribution in [-0.2, 0) is 35.0 Å². The van der Waals surface area contributed by atoms with Crippen molar-refractivity contribution >= 4 is 17.9 Å². The van der Waals surface area contributed by atoms with Crippen molar-refractivity contribution in [1.82, 2.24) is 4.90 Å². The van der Waals surface area contributed by atoms with Crippen LogP contribution in [0.25, 0.3) is 0 Å². The van der Waals surface area contributed by atoms with E-state index in [1.54, 1.807) is 13.8 Å². The number of alkyl halides is 6. The molecule has 0 saturated carbocycles. The van der Waals surface area contributed by atoms with Crippen molar-refractivity contribution in [1.29, 1.82) is 0 Å². The van der Waals surface area contributed by atoms with Crippen LogP contribution < -0.4 is 14.4 Å². The van der Waals surface area contributed by atoms with Gasteiger partial charge in [-0.15, -0.1) is 0 Å². The Kier molecular flexibility index (Phi) is 10.3. The molecule has 1 aliphatic rings. The molecule has 0 N–H and O–H groups in total. The average Bonchev–Trinajstić information content (AvgIpc) is 3.01. The van der Waals surface area contributed by atoms with Crippen molar-refractivity contribution in [3.8, 4) is 11.5 Å². The lowest BCUT2D eigenvalue weighted by molar-refractivity contribution is -0.143. The van der Waals surface area contributed by atoms with Crippen LogP contribution in [-0.4, -0.2) is 44.0 Å². The second-order valence-corrected chi connectivity index (χ2v) is 10.5. The number of amides is 2. The Morgan fingerprint density at radius 3 is 2.07 bits per heavy atom. The van der Waals surface area contributed by atoms with E-state index in [4.69, 9.17) is 18.9 Å². The molecule has 1 aliphatic heterocycles. The first-order valence-electron chi connectivity index (χ1n) is 14.2. The van der Waals surface area contributed by atoms with Crippen LogP contribution in [0.15, 0.2) is 60.7 Å². The minimum absolute atomic E-state index is 0.0169. The normalized spacial score (nSPS) is 16.3. The molecule has 3 aromatic carbocycles. The molecule has 0 unspecified atom stereocenters. The molecule has 2 amide bonds. The van der Waals surface area contributed by atoms with Crippen LogP contribution in [0.3, 0.4) is 0 Å². The smallest absolute Gasteiger partial charge is 0.416 e. The molecule has 0 bridgehead atoms. The van der Waals surface area contributed by atoms with Gasteiger partial charge < -0.3 is 18.9 Å². The Morgan fingerprint density at radius 2 is 1.52 bits per heavy atom. The maximum absolute atomic E-state index is 13.6. The maximum atomic E-state index is 13.6. The number of methoxy groups -OCH3 is 2. The Morgan fingerprint density at radius 1 is 0.891 bits per heavy atom. The van der Waals surface area contributed by atoms with Crippen molar-refractivity contribution in [2.75, 3.05) is 25.7 Å². The zero-order valence-electron chi connectivity index (χ0n) is 25.4. The Balaban J connectivity index is 1.84. The molecule has 4 rings (SSSR count). The summed E-state index contributed by atoms with van der Waals surface area (Å²) in [6.45, 7) is 2.81. The number of carbonyl (C=O) groups excluding carboxylic acids is 2. The standard InChI is InChI=1S/C32H32F6N2O6/c1-5-45-30(42)40-19(2)11-25(24-15-27(43-3)28(16-26(24)40)46-18-20-9-7-6-8-10-20)39(29(41)44-4)17-21-12-22(31(33,34)35)14-23(13-21)32(36,37)38/h6-10,12-16,19,25H,5,11,17-18H2,1-4H3/t19-,25+/m0/s1. The number of benzene rings is 3. The molecular formula is C32H32F6N2O6. The summed E-state index contributed by atoms with van der Waals surface area (Å²) in [6.07, 6.45) is -11.9. The fourth-order valence-corrected chi connectivity index (χ4v) is 5.33. The van der Waals surface area contributed by atoms with Crippen molar-refractivity contribution in [3.05, 3.63) is 88.5 Å². The molecule has 1 heterocycles. The average molecular weight is 655 g/mol. The summed E-state index contributed by atoms with van der Waals surface area (Å²) in [7, 11) is 2.42. The summed E-state index contributed by atoms with van der Waals surface area (Å²) >= 11 is 0. The van der Waals surface area contributed by atoms with Gasteiger partial charge >= 0.3 is 24.5 Å². The van der Waals surface area contributed by atoms with E-state index in [1.807, 2.05) is 30.3 Å². The molecule has 0 radical (unpaired) electrons. The number of nitrogens with zero attached hydrogens (tertiary/aromatic N) is 2. The Bertz CT molecular complexity index is 1510. The highest BCUT2D eigenvalue weighted by Gasteiger charge is 2.42. The fraction of sp³-hybridized carbons (Fsp3) is 0.375. The number of hydrogen-bond donors (Lipinski definition) is 0. The largest absolute Gasteiger partial charge is 0.493 e. The van der Waals surface area contributed by atoms with Crippen molar-refractivity contribution in [2.24, 2.45) is 0 Å². The van der Waals surface area contributed by atoms with Gasteiger partial charge in [-0.05, 0) is 55.7 Å². The zero-order valence-corrected chi connectivity index (χ0v) is 25.4. The fourth-order valence-electron chi connectivity index (χ4n) is 5.33. The summed E-state index contributed by atoms with van der Waals surface area (Å²) in [5.74, 6) is 0.450. The quantitative estimate of drug-likeness (QED) is 0.227. The Hall–Kier alpha value is -4.62. The molecule has 248 valence electrons. The van der Waals surface area contributed by atoms with E-state index in [-0.39, 0.29) is 42.9 Å². The first-order chi connectivity index (χ1) is 21.7. The first-order valence-corrected chi connectivity index (χ1v) is 14.2. The monoisotopic (exact) mass is 654 g/mol. The number of rotatable bonds is 8. The number of hydrogen-bond acceptors (Lipinski definition) is 6. The topological polar surface area (TPSA) is 77.5 Å². The molecule has 0 saturated heterocycles. The van der Waals surface area contributed by atoms with E-state index in [1.165, 1.54) is 24.1 Å². The lowest BCUT2D eigenvalue weighted by atomic mass is 9.90. The van der Waals surface area contributed by atoms with Crippen LogP contribution in [0.1, 0.15) is 54.1 Å². The predicted octanol–water partition coefficient (Wildman–Crippen LogP) is 8.38. The van der Waals surface area contributed by atoms with Gasteiger partial charge in [0.2, 0.25) is 0 Å². The lowest BCUT2D eigenvalue weighted by Crippen LogP contribution is -2.47. The van der Waals surface area contributed by atoms with Gasteiger partial charge in [0.25, 0.3) is 0 Å². The van der Waals surface area contributed by atoms with E-state index < -0.39 is 59.9 Å². The van der Waals surface area contributed by atoms with Crippen LogP contribution >= 0.6 is 0 Å². The minimum atomic E-state index is -5.08. The second-order valence-electron chi connectivity index (χ2n) is 10.5. The summed E-state index contributed by atoms with van der Waals surface area (Å²) in [6, 6.07) is 11.8. The SMILES string of the molecule is CCOC(=O)N1c2cc(OCc3ccccc3)c(OC)cc2[C@H](N(Cc2cc(C(F)(F)F)cc(C(F)(F)F)c2)C(=O)OC)C[C@@H]1C. The van der Waals surface area contributed by atoms with Crippen molar-refractivity contribution < 1.29 is 54.9 Å². The minimum Gasteiger partial charge on any atom is -0.493 e. The van der Waals surface area contributed by atoms with Crippen LogP contribution in [0.2, 0.25) is 0 Å². The third kappa shape index (κ3) is 7.60. The second kappa shape index (κ2) is 13.8. The van der Waals surface area contributed by atoms with E-state index in [0.29, 0.717) is 17.7 Å². The zero-order chi connectivity index (χ0) is 33.8. The molecule has 46 heavy (non-hydrogen) atoms. The number of ether oxygens (including phenoxy) is 4. The summed E-state index contributed by atoms with van der Waals surface area (Å²) < 4.78 is 104. The van der Waals surface area contributed by atoms with Gasteiger partial charge in [0.1, 0.15) is 6.61 Å². The van der Waals surface area contributed by atoms with Crippen LogP contribution in [0.4, 0.5) is 41.6 Å². The third-order valence-corrected chi connectivity index (χ3v) is 7.42. The van der Waals surface area contributed by atoms with E-state index in [9.17, 15) is 35.9 Å². The van der Waals surface area contributed by atoms with Gasteiger partial charge in [0.15, 0.2) is 11.5 Å². The first kappa shape index (κ1) is 34.3. The van der Waals surface area contributed by atoms with Gasteiger partial charge in [0, 0.05) is 24.2 Å². The van der Waals surface area contributed by atoms with E-state index >= 15 is 0 Å². The number of halogens is 6. The summed E-state index contributed by atoms with van der Waals surface area (Å²) in [4.78, 5) is 28.7. The van der Waals surface area contributed by atoms with Crippen LogP contribution in [0.5, 0.6) is 11.5 Å². The number of carbonyl (C=O) groups is 2. The highest BCUT2D eigenvalue weighted by molar-refractivity contribution is 5.91. The predicted molar refractivity (Wildman–Crippen MR) is 154 cm³/mol. The highest BCUT2D eigenvalue weighted by atomic mass is 19.4. The number of fused-ring (bicyclic) bond motifs is 1. The van der Waals surface area contributed by atoms with Crippen molar-refractivity contribution in [2.45, 2.75) is 57.9 Å². The molecule has 14 heteroatoms. The lowest BCUT2D eigenvalue weighted by Gasteiger charge is -2.42. The van der Waals surface area contributed by atoms with E-state index in [2.05, 4.69) is 0 Å². The molecule has 8 nitrogen and oxygen atoms in total. The van der Waals surface area contributed by atoms with Crippen LogP contribution in [0, 0.1) is 0 Å². The van der Waals surface area contributed by atoms with Gasteiger partial charge in [0.05, 0.1) is 43.7 Å².